The van der Waals surface area contributed by atoms with E-state index in [9.17, 15) is 4.79 Å². The van der Waals surface area contributed by atoms with Gasteiger partial charge >= 0.3 is 6.09 Å². The van der Waals surface area contributed by atoms with E-state index in [1.165, 1.54) is 0 Å². The van der Waals surface area contributed by atoms with Crippen molar-refractivity contribution in [3.63, 3.8) is 0 Å². The molecule has 0 aliphatic carbocycles. The molecule has 4 heteroatoms. The largest absolute Gasteiger partial charge is 0.444 e. The van der Waals surface area contributed by atoms with Gasteiger partial charge in [0.15, 0.2) is 0 Å². The molecule has 0 aromatic rings. The average Bonchev–Trinajstić information content (AvgIpc) is 2.55. The van der Waals surface area contributed by atoms with Gasteiger partial charge < -0.3 is 15.4 Å². The molecule has 3 atom stereocenters. The summed E-state index contributed by atoms with van der Waals surface area (Å²) in [5.74, 6) is 0. The minimum Gasteiger partial charge on any atom is -0.444 e. The molecule has 2 bridgehead atoms. The Balaban J connectivity index is 2.03. The zero-order valence-electron chi connectivity index (χ0n) is 9.69. The molecule has 2 saturated heterocycles. The van der Waals surface area contributed by atoms with Gasteiger partial charge in [0.25, 0.3) is 0 Å². The van der Waals surface area contributed by atoms with Crippen molar-refractivity contribution in [3.8, 4) is 0 Å². The zero-order chi connectivity index (χ0) is 11.2. The Morgan fingerprint density at radius 2 is 2.07 bits per heavy atom. The van der Waals surface area contributed by atoms with Gasteiger partial charge in [-0.1, -0.05) is 0 Å². The highest BCUT2D eigenvalue weighted by Gasteiger charge is 2.48. The average molecular weight is 212 g/mol. The number of nitrogens with zero attached hydrogens (tertiary/aromatic N) is 1. The Labute approximate surface area is 90.8 Å². The summed E-state index contributed by atoms with van der Waals surface area (Å²) < 4.78 is 5.38. The Morgan fingerprint density at radius 3 is 2.47 bits per heavy atom. The molecule has 2 rings (SSSR count). The van der Waals surface area contributed by atoms with Gasteiger partial charge in [-0.05, 0) is 40.0 Å². The van der Waals surface area contributed by atoms with Crippen LogP contribution in [0.4, 0.5) is 4.79 Å². The molecule has 2 aliphatic rings. The molecule has 2 N–H and O–H groups in total. The fraction of sp³-hybridized carbons (Fsp3) is 0.909. The number of amides is 1. The number of fused-ring (bicyclic) bond motifs is 2. The van der Waals surface area contributed by atoms with Gasteiger partial charge in [-0.15, -0.1) is 0 Å². The van der Waals surface area contributed by atoms with Crippen molar-refractivity contribution in [2.24, 2.45) is 5.73 Å². The van der Waals surface area contributed by atoms with Crippen molar-refractivity contribution in [2.45, 2.75) is 63.8 Å². The minimum absolute atomic E-state index is 0.149. The second kappa shape index (κ2) is 3.37. The van der Waals surface area contributed by atoms with Gasteiger partial charge in [0, 0.05) is 12.1 Å². The highest BCUT2D eigenvalue weighted by molar-refractivity contribution is 5.70. The first-order valence-corrected chi connectivity index (χ1v) is 5.65. The minimum atomic E-state index is -0.413. The van der Waals surface area contributed by atoms with Crippen LogP contribution in [0.5, 0.6) is 0 Å². The standard InChI is InChI=1S/C11H20N2O2/c1-11(2,3)15-10(14)13-7-4-5-9(13)8(12)6-7/h7-9H,4-6,12H2,1-3H3. The number of hydrogen-bond donors (Lipinski definition) is 1. The lowest BCUT2D eigenvalue weighted by molar-refractivity contribution is 0.0213. The molecular formula is C11H20N2O2. The van der Waals surface area contributed by atoms with Crippen molar-refractivity contribution in [2.75, 3.05) is 0 Å². The highest BCUT2D eigenvalue weighted by atomic mass is 16.6. The molecule has 2 heterocycles. The predicted octanol–water partition coefficient (Wildman–Crippen LogP) is 1.49. The maximum atomic E-state index is 11.9. The van der Waals surface area contributed by atoms with E-state index >= 15 is 0 Å². The molecule has 86 valence electrons. The second-order valence-corrected chi connectivity index (χ2v) is 5.59. The zero-order valence-corrected chi connectivity index (χ0v) is 9.69. The predicted molar refractivity (Wildman–Crippen MR) is 57.5 cm³/mol. The summed E-state index contributed by atoms with van der Waals surface area (Å²) in [5, 5.41) is 0. The molecule has 2 aliphatic heterocycles. The van der Waals surface area contributed by atoms with Crippen LogP contribution in [0.25, 0.3) is 0 Å². The molecule has 15 heavy (non-hydrogen) atoms. The van der Waals surface area contributed by atoms with Crippen molar-refractivity contribution in [1.82, 2.24) is 4.90 Å². The summed E-state index contributed by atoms with van der Waals surface area (Å²) in [4.78, 5) is 13.8. The Hall–Kier alpha value is -0.770. The van der Waals surface area contributed by atoms with Crippen molar-refractivity contribution >= 4 is 6.09 Å². The number of carbonyl (C=O) groups is 1. The fourth-order valence-electron chi connectivity index (χ4n) is 2.63. The molecular weight excluding hydrogens is 192 g/mol. The van der Waals surface area contributed by atoms with Gasteiger partial charge in [0.2, 0.25) is 0 Å². The quantitative estimate of drug-likeness (QED) is 0.661. The van der Waals surface area contributed by atoms with Crippen molar-refractivity contribution < 1.29 is 9.53 Å². The van der Waals surface area contributed by atoms with Crippen molar-refractivity contribution in [3.05, 3.63) is 0 Å². The number of ether oxygens (including phenoxy) is 1. The van der Waals surface area contributed by atoms with E-state index in [1.807, 2.05) is 25.7 Å². The first-order chi connectivity index (χ1) is 6.88. The van der Waals surface area contributed by atoms with Gasteiger partial charge in [-0.2, -0.15) is 0 Å². The van der Waals surface area contributed by atoms with Crippen LogP contribution < -0.4 is 5.73 Å². The van der Waals surface area contributed by atoms with Crippen LogP contribution in [0.2, 0.25) is 0 Å². The third kappa shape index (κ3) is 1.95. The molecule has 3 unspecified atom stereocenters. The van der Waals surface area contributed by atoms with Gasteiger partial charge in [0.1, 0.15) is 5.60 Å². The van der Waals surface area contributed by atoms with Crippen LogP contribution in [-0.2, 0) is 4.74 Å². The summed E-state index contributed by atoms with van der Waals surface area (Å²) in [6.45, 7) is 5.68. The third-order valence-electron chi connectivity index (χ3n) is 3.19. The fourth-order valence-corrected chi connectivity index (χ4v) is 2.63. The van der Waals surface area contributed by atoms with E-state index < -0.39 is 5.60 Å². The first-order valence-electron chi connectivity index (χ1n) is 5.65. The van der Waals surface area contributed by atoms with Crippen LogP contribution in [-0.4, -0.2) is 34.7 Å². The summed E-state index contributed by atoms with van der Waals surface area (Å²) in [5.41, 5.74) is 5.55. The Kier molecular flexibility index (Phi) is 2.41. The van der Waals surface area contributed by atoms with Crippen LogP contribution in [0.15, 0.2) is 0 Å². The first kappa shape index (κ1) is 10.7. The summed E-state index contributed by atoms with van der Waals surface area (Å²) in [6, 6.07) is 0.681. The Bertz CT molecular complexity index is 272. The van der Waals surface area contributed by atoms with Crippen molar-refractivity contribution in [1.29, 1.82) is 0 Å². The van der Waals surface area contributed by atoms with E-state index in [0.717, 1.165) is 19.3 Å². The monoisotopic (exact) mass is 212 g/mol. The molecule has 1 amide bonds. The smallest absolute Gasteiger partial charge is 0.410 e. The van der Waals surface area contributed by atoms with Crippen LogP contribution >= 0.6 is 0 Å². The number of carbonyl (C=O) groups excluding carboxylic acids is 1. The molecule has 0 radical (unpaired) electrons. The summed E-state index contributed by atoms with van der Waals surface area (Å²) >= 11 is 0. The second-order valence-electron chi connectivity index (χ2n) is 5.59. The van der Waals surface area contributed by atoms with Crippen LogP contribution in [0.1, 0.15) is 40.0 Å². The van der Waals surface area contributed by atoms with Gasteiger partial charge in [0.05, 0.1) is 6.04 Å². The SMILES string of the molecule is CC(C)(C)OC(=O)N1C2CCC1C(N)C2. The Morgan fingerprint density at radius 1 is 1.40 bits per heavy atom. The molecule has 2 fully saturated rings. The van der Waals surface area contributed by atoms with Gasteiger partial charge in [-0.3, -0.25) is 0 Å². The lowest BCUT2D eigenvalue weighted by atomic mass is 9.97. The van der Waals surface area contributed by atoms with Crippen LogP contribution in [0, 0.1) is 0 Å². The number of hydrogen-bond acceptors (Lipinski definition) is 3. The van der Waals surface area contributed by atoms with Gasteiger partial charge in [-0.25, -0.2) is 4.79 Å². The molecule has 0 aromatic carbocycles. The maximum Gasteiger partial charge on any atom is 0.410 e. The lowest BCUT2D eigenvalue weighted by Gasteiger charge is -2.27. The van der Waals surface area contributed by atoms with E-state index in [1.54, 1.807) is 0 Å². The molecule has 4 nitrogen and oxygen atoms in total. The maximum absolute atomic E-state index is 11.9. The number of nitrogens with two attached hydrogens (primary N) is 1. The lowest BCUT2D eigenvalue weighted by Crippen LogP contribution is -2.43. The normalized spacial score (nSPS) is 34.7. The van der Waals surface area contributed by atoms with E-state index in [-0.39, 0.29) is 18.2 Å². The molecule has 0 spiro atoms. The summed E-state index contributed by atoms with van der Waals surface area (Å²) in [6.07, 6.45) is 2.86. The van der Waals surface area contributed by atoms with E-state index in [2.05, 4.69) is 0 Å². The summed E-state index contributed by atoms with van der Waals surface area (Å²) in [7, 11) is 0. The molecule has 0 aromatic heterocycles. The third-order valence-corrected chi connectivity index (χ3v) is 3.19. The van der Waals surface area contributed by atoms with E-state index in [0.29, 0.717) is 6.04 Å². The highest BCUT2D eigenvalue weighted by Crippen LogP contribution is 2.37. The van der Waals surface area contributed by atoms with E-state index in [4.69, 9.17) is 10.5 Å². The topological polar surface area (TPSA) is 55.6 Å². The number of rotatable bonds is 0. The molecule has 0 saturated carbocycles. The van der Waals surface area contributed by atoms with Crippen LogP contribution in [0.3, 0.4) is 0 Å².